The monoisotopic (exact) mass is 509 g/mol. The molecule has 1 saturated heterocycles. The highest BCUT2D eigenvalue weighted by molar-refractivity contribution is 8.12. The lowest BCUT2D eigenvalue weighted by atomic mass is 10.1. The van der Waals surface area contributed by atoms with Crippen LogP contribution in [0.2, 0.25) is 36.3 Å². The van der Waals surface area contributed by atoms with Crippen LogP contribution in [0.1, 0.15) is 47.1 Å². The highest BCUT2D eigenvalue weighted by atomic mass is 32.2. The van der Waals surface area contributed by atoms with Crippen molar-refractivity contribution in [2.75, 3.05) is 6.61 Å². The number of fused-ring (bicyclic) bond motifs is 1. The fourth-order valence-electron chi connectivity index (χ4n) is 3.28. The predicted molar refractivity (Wildman–Crippen MR) is 144 cm³/mol. The first kappa shape index (κ1) is 26.9. The van der Waals surface area contributed by atoms with Gasteiger partial charge in [0.2, 0.25) is 5.23 Å². The Balaban J connectivity index is 1.73. The number of aliphatic imine (C=N–C) groups is 1. The topological polar surface area (TPSA) is 49.3 Å². The molecule has 8 heteroatoms. The number of ether oxygens (including phenoxy) is 2. The number of thioether (sulfide) groups is 1. The molecule has 2 aliphatic rings. The van der Waals surface area contributed by atoms with Gasteiger partial charge >= 0.3 is 0 Å². The first-order chi connectivity index (χ1) is 15.1. The van der Waals surface area contributed by atoms with E-state index in [0.29, 0.717) is 11.8 Å². The van der Waals surface area contributed by atoms with Crippen LogP contribution in [-0.4, -0.2) is 53.0 Å². The summed E-state index contributed by atoms with van der Waals surface area (Å²) in [4.78, 5) is 4.78. The van der Waals surface area contributed by atoms with Crippen molar-refractivity contribution in [1.82, 2.24) is 0 Å². The first-order valence-corrected chi connectivity index (χ1v) is 18.8. The molecule has 0 amide bonds. The van der Waals surface area contributed by atoms with Crippen molar-refractivity contribution >= 4 is 33.6 Å². The maximum atomic E-state index is 6.89. The molecule has 5 nitrogen and oxygen atoms in total. The third-order valence-corrected chi connectivity index (χ3v) is 17.5. The SMILES string of the molecule is CC(C)(C)[Si](C)(C)OC[C@H]1O[C@H]2N=C(SCc3ccccc3)O[C@H]2[C@@H]1O[Si](C)(C)C(C)(C)C. The van der Waals surface area contributed by atoms with E-state index in [2.05, 4.69) is 92.0 Å². The van der Waals surface area contributed by atoms with E-state index in [1.165, 1.54) is 5.56 Å². The van der Waals surface area contributed by atoms with Crippen molar-refractivity contribution in [3.8, 4) is 0 Å². The molecule has 4 atom stereocenters. The molecule has 1 fully saturated rings. The molecule has 186 valence electrons. The maximum Gasteiger partial charge on any atom is 0.249 e. The highest BCUT2D eigenvalue weighted by Crippen LogP contribution is 2.43. The van der Waals surface area contributed by atoms with Crippen molar-refractivity contribution in [1.29, 1.82) is 0 Å². The standard InChI is InChI=1S/C25H43NO4SSi2/c1-24(2,3)32(7,8)27-16-19-20(30-33(9,10)25(4,5)6)21-22(28-19)26-23(29-21)31-17-18-14-12-11-13-15-18/h11-15,19-22H,16-17H2,1-10H3/t19-,20-,21+,22-/m1/s1. The van der Waals surface area contributed by atoms with Gasteiger partial charge in [0.15, 0.2) is 29.0 Å². The molecule has 1 aromatic carbocycles. The van der Waals surface area contributed by atoms with E-state index < -0.39 is 16.6 Å². The molecule has 0 spiro atoms. The Morgan fingerprint density at radius 1 is 0.939 bits per heavy atom. The molecule has 0 aliphatic carbocycles. The van der Waals surface area contributed by atoms with Gasteiger partial charge in [-0.05, 0) is 41.8 Å². The van der Waals surface area contributed by atoms with Gasteiger partial charge in [-0.1, -0.05) is 83.6 Å². The summed E-state index contributed by atoms with van der Waals surface area (Å²) >= 11 is 1.62. The van der Waals surface area contributed by atoms with Crippen molar-refractivity contribution in [2.45, 2.75) is 108 Å². The Bertz CT molecular complexity index is 833. The number of benzene rings is 1. The first-order valence-electron chi connectivity index (χ1n) is 12.0. The number of hydrogen-bond donors (Lipinski definition) is 0. The minimum Gasteiger partial charge on any atom is -0.462 e. The Hall–Kier alpha value is -0.646. The molecule has 0 unspecified atom stereocenters. The smallest absolute Gasteiger partial charge is 0.249 e. The van der Waals surface area contributed by atoms with E-state index in [0.717, 1.165) is 5.75 Å². The minimum atomic E-state index is -2.04. The zero-order chi connectivity index (χ0) is 24.7. The van der Waals surface area contributed by atoms with Crippen LogP contribution in [0.15, 0.2) is 35.3 Å². The molecule has 0 saturated carbocycles. The molecule has 2 heterocycles. The Morgan fingerprint density at radius 2 is 1.55 bits per heavy atom. The Labute approximate surface area is 207 Å². The highest BCUT2D eigenvalue weighted by Gasteiger charge is 2.54. The second-order valence-corrected chi connectivity index (χ2v) is 22.7. The normalized spacial score (nSPS) is 26.2. The van der Waals surface area contributed by atoms with Crippen molar-refractivity contribution in [2.24, 2.45) is 4.99 Å². The number of rotatable bonds is 7. The molecule has 0 radical (unpaired) electrons. The Kier molecular flexibility index (Phi) is 7.99. The largest absolute Gasteiger partial charge is 0.462 e. The molecular weight excluding hydrogens is 467 g/mol. The van der Waals surface area contributed by atoms with Gasteiger partial charge in [-0.15, -0.1) is 0 Å². The molecule has 2 aliphatic heterocycles. The maximum absolute atomic E-state index is 6.89. The summed E-state index contributed by atoms with van der Waals surface area (Å²) in [6, 6.07) is 10.4. The molecule has 0 N–H and O–H groups in total. The fourth-order valence-corrected chi connectivity index (χ4v) is 6.45. The average Bonchev–Trinajstić information content (AvgIpc) is 3.22. The quantitative estimate of drug-likeness (QED) is 0.378. The fraction of sp³-hybridized carbons (Fsp3) is 0.720. The molecular formula is C25H43NO4SSi2. The van der Waals surface area contributed by atoms with Gasteiger partial charge in [0.05, 0.1) is 6.61 Å². The summed E-state index contributed by atoms with van der Waals surface area (Å²) < 4.78 is 26.2. The van der Waals surface area contributed by atoms with Gasteiger partial charge in [-0.25, -0.2) is 4.99 Å². The number of nitrogens with zero attached hydrogens (tertiary/aromatic N) is 1. The van der Waals surface area contributed by atoms with E-state index in [1.54, 1.807) is 11.8 Å². The summed E-state index contributed by atoms with van der Waals surface area (Å²) in [6.07, 6.45) is -0.900. The van der Waals surface area contributed by atoms with E-state index >= 15 is 0 Å². The van der Waals surface area contributed by atoms with Gasteiger partial charge in [0, 0.05) is 5.75 Å². The van der Waals surface area contributed by atoms with Crippen LogP contribution < -0.4 is 0 Å². The second kappa shape index (κ2) is 9.78. The van der Waals surface area contributed by atoms with Gasteiger partial charge in [0.25, 0.3) is 0 Å². The van der Waals surface area contributed by atoms with Crippen LogP contribution in [-0.2, 0) is 24.1 Å². The van der Waals surface area contributed by atoms with Crippen LogP contribution in [0.3, 0.4) is 0 Å². The van der Waals surface area contributed by atoms with Gasteiger partial charge < -0.3 is 18.3 Å². The van der Waals surface area contributed by atoms with E-state index in [-0.39, 0.29) is 34.6 Å². The van der Waals surface area contributed by atoms with Gasteiger partial charge in [-0.2, -0.15) is 0 Å². The number of hydrogen-bond acceptors (Lipinski definition) is 6. The summed E-state index contributed by atoms with van der Waals surface area (Å²) in [5, 5.41) is 0.939. The van der Waals surface area contributed by atoms with Crippen LogP contribution in [0.4, 0.5) is 0 Å². The van der Waals surface area contributed by atoms with Crippen molar-refractivity contribution in [3.05, 3.63) is 35.9 Å². The lowest BCUT2D eigenvalue weighted by molar-refractivity contribution is -0.0134. The van der Waals surface area contributed by atoms with Crippen molar-refractivity contribution in [3.63, 3.8) is 0 Å². The van der Waals surface area contributed by atoms with Gasteiger partial charge in [-0.3, -0.25) is 0 Å². The third kappa shape index (κ3) is 6.33. The zero-order valence-corrected chi connectivity index (χ0v) is 24.9. The average molecular weight is 510 g/mol. The molecule has 3 rings (SSSR count). The minimum absolute atomic E-state index is 0.0975. The second-order valence-electron chi connectivity index (χ2n) is 12.2. The summed E-state index contributed by atoms with van der Waals surface area (Å²) in [7, 11) is -3.94. The predicted octanol–water partition coefficient (Wildman–Crippen LogP) is 6.81. The third-order valence-electron chi connectivity index (χ3n) is 7.61. The zero-order valence-electron chi connectivity index (χ0n) is 22.1. The van der Waals surface area contributed by atoms with E-state index in [9.17, 15) is 0 Å². The van der Waals surface area contributed by atoms with Crippen LogP contribution in [0.25, 0.3) is 0 Å². The van der Waals surface area contributed by atoms with Crippen LogP contribution >= 0.6 is 11.8 Å². The van der Waals surface area contributed by atoms with E-state index in [1.807, 2.05) is 6.07 Å². The summed E-state index contributed by atoms with van der Waals surface area (Å²) in [6.45, 7) is 23.2. The van der Waals surface area contributed by atoms with Crippen molar-refractivity contribution < 1.29 is 18.3 Å². The van der Waals surface area contributed by atoms with Gasteiger partial charge in [0.1, 0.15) is 12.2 Å². The molecule has 33 heavy (non-hydrogen) atoms. The molecule has 1 aromatic rings. The molecule has 0 bridgehead atoms. The van der Waals surface area contributed by atoms with Crippen LogP contribution in [0.5, 0.6) is 0 Å². The Morgan fingerprint density at radius 3 is 2.12 bits per heavy atom. The van der Waals surface area contributed by atoms with Crippen LogP contribution in [0, 0.1) is 0 Å². The lowest BCUT2D eigenvalue weighted by Crippen LogP contribution is -2.51. The molecule has 0 aromatic heterocycles. The lowest BCUT2D eigenvalue weighted by Gasteiger charge is -2.41. The summed E-state index contributed by atoms with van der Waals surface area (Å²) in [5.41, 5.74) is 1.25. The summed E-state index contributed by atoms with van der Waals surface area (Å²) in [5.74, 6) is 0.824. The van der Waals surface area contributed by atoms with E-state index in [4.69, 9.17) is 23.3 Å².